The molecule has 0 aliphatic carbocycles. The molecule has 0 fully saturated rings. The van der Waals surface area contributed by atoms with Crippen LogP contribution in [-0.4, -0.2) is 29.4 Å². The lowest BCUT2D eigenvalue weighted by Crippen LogP contribution is -2.05. The van der Waals surface area contributed by atoms with Crippen molar-refractivity contribution in [2.45, 2.75) is 4.90 Å². The summed E-state index contributed by atoms with van der Waals surface area (Å²) in [5.74, 6) is 0.226. The molecule has 0 radical (unpaired) electrons. The summed E-state index contributed by atoms with van der Waals surface area (Å²) in [5.41, 5.74) is 6.17. The topological polar surface area (TPSA) is 115 Å². The predicted octanol–water partition coefficient (Wildman–Crippen LogP) is 0.125. The van der Waals surface area contributed by atoms with Crippen LogP contribution < -0.4 is 5.73 Å². The molecule has 2 rings (SSSR count). The number of nitrogens with two attached hydrogens (primary N) is 1. The number of hydrogen-bond donors (Lipinski definition) is 1. The van der Waals surface area contributed by atoms with Gasteiger partial charge in [-0.15, -0.1) is 0 Å². The van der Waals surface area contributed by atoms with Gasteiger partial charge in [0.25, 0.3) is 0 Å². The molecule has 0 saturated heterocycles. The Kier molecular flexibility index (Phi) is 2.76. The second-order valence-corrected chi connectivity index (χ2v) is 5.62. The maximum absolute atomic E-state index is 11.3. The number of sulfone groups is 1. The van der Waals surface area contributed by atoms with Crippen LogP contribution in [0.3, 0.4) is 0 Å². The Bertz CT molecular complexity index is 742. The van der Waals surface area contributed by atoms with Crippen LogP contribution in [0.5, 0.6) is 0 Å². The summed E-state index contributed by atoms with van der Waals surface area (Å²) >= 11 is 0. The van der Waals surface area contributed by atoms with Crippen molar-refractivity contribution < 1.29 is 8.42 Å². The Balaban J connectivity index is 2.58. The van der Waals surface area contributed by atoms with Crippen LogP contribution in [0.4, 0.5) is 5.69 Å². The maximum Gasteiger partial charge on any atom is 0.178 e. The van der Waals surface area contributed by atoms with Crippen LogP contribution in [0.15, 0.2) is 29.6 Å². The molecule has 2 aromatic rings. The molecular formula is C10H9N5O2S. The van der Waals surface area contributed by atoms with Crippen LogP contribution >= 0.6 is 0 Å². The lowest BCUT2D eigenvalue weighted by molar-refractivity contribution is 0.602. The van der Waals surface area contributed by atoms with Crippen LogP contribution in [0.25, 0.3) is 5.82 Å². The van der Waals surface area contributed by atoms with Gasteiger partial charge in [0.15, 0.2) is 15.7 Å². The zero-order valence-electron chi connectivity index (χ0n) is 9.40. The molecule has 92 valence electrons. The Morgan fingerprint density at radius 2 is 2.22 bits per heavy atom. The Hall–Kier alpha value is -2.40. The second kappa shape index (κ2) is 4.12. The molecule has 8 heteroatoms. The van der Waals surface area contributed by atoms with Gasteiger partial charge in [-0.2, -0.15) is 10.4 Å². The average molecular weight is 263 g/mol. The molecule has 0 unspecified atom stereocenters. The first kappa shape index (κ1) is 12.1. The van der Waals surface area contributed by atoms with Crippen LogP contribution in [0, 0.1) is 11.3 Å². The molecule has 0 atom stereocenters. The van der Waals surface area contributed by atoms with Gasteiger partial charge in [0, 0.05) is 12.5 Å². The third kappa shape index (κ3) is 2.03. The molecule has 0 aliphatic heterocycles. The van der Waals surface area contributed by atoms with Gasteiger partial charge < -0.3 is 5.73 Å². The Labute approximate surface area is 103 Å². The first-order valence-corrected chi connectivity index (χ1v) is 6.72. The first-order chi connectivity index (χ1) is 8.43. The quantitative estimate of drug-likeness (QED) is 0.823. The fourth-order valence-electron chi connectivity index (χ4n) is 1.36. The summed E-state index contributed by atoms with van der Waals surface area (Å²) in [6, 6.07) is 3.39. The van der Waals surface area contributed by atoms with E-state index in [1.807, 2.05) is 6.07 Å². The van der Waals surface area contributed by atoms with Crippen molar-refractivity contribution in [3.8, 4) is 11.9 Å². The summed E-state index contributed by atoms with van der Waals surface area (Å²) in [6.07, 6.45) is 4.99. The number of pyridine rings is 1. The summed E-state index contributed by atoms with van der Waals surface area (Å²) in [5, 5.41) is 12.7. The zero-order valence-corrected chi connectivity index (χ0v) is 10.2. The molecule has 7 nitrogen and oxygen atoms in total. The smallest absolute Gasteiger partial charge is 0.178 e. The number of nitriles is 1. The highest BCUT2D eigenvalue weighted by Gasteiger charge is 2.14. The van der Waals surface area contributed by atoms with Crippen molar-refractivity contribution in [2.24, 2.45) is 0 Å². The van der Waals surface area contributed by atoms with E-state index in [4.69, 9.17) is 11.0 Å². The van der Waals surface area contributed by atoms with E-state index in [2.05, 4.69) is 10.1 Å². The monoisotopic (exact) mass is 263 g/mol. The number of hydrogen-bond acceptors (Lipinski definition) is 6. The lowest BCUT2D eigenvalue weighted by Gasteiger charge is -2.04. The van der Waals surface area contributed by atoms with E-state index in [1.54, 1.807) is 0 Å². The van der Waals surface area contributed by atoms with Crippen molar-refractivity contribution in [3.05, 3.63) is 30.2 Å². The minimum absolute atomic E-state index is 0.0612. The van der Waals surface area contributed by atoms with Gasteiger partial charge in [0.2, 0.25) is 0 Å². The standard InChI is InChI=1S/C10H9N5O2S/c1-18(16,17)8-5-14-15(6-8)10-9(12)7(4-11)2-3-13-10/h2-3,5-6H,12H2,1H3. The van der Waals surface area contributed by atoms with E-state index < -0.39 is 9.84 Å². The van der Waals surface area contributed by atoms with Crippen LogP contribution in [0.2, 0.25) is 0 Å². The van der Waals surface area contributed by atoms with Crippen LogP contribution in [-0.2, 0) is 9.84 Å². The van der Waals surface area contributed by atoms with Gasteiger partial charge >= 0.3 is 0 Å². The Morgan fingerprint density at radius 3 is 2.78 bits per heavy atom. The van der Waals surface area contributed by atoms with E-state index in [-0.39, 0.29) is 22.0 Å². The van der Waals surface area contributed by atoms with E-state index in [9.17, 15) is 8.42 Å². The number of rotatable bonds is 2. The third-order valence-electron chi connectivity index (χ3n) is 2.29. The van der Waals surface area contributed by atoms with Crippen molar-refractivity contribution in [2.75, 3.05) is 12.0 Å². The lowest BCUT2D eigenvalue weighted by atomic mass is 10.2. The van der Waals surface area contributed by atoms with Crippen LogP contribution in [0.1, 0.15) is 5.56 Å². The van der Waals surface area contributed by atoms with Crippen molar-refractivity contribution in [1.82, 2.24) is 14.8 Å². The first-order valence-electron chi connectivity index (χ1n) is 4.83. The van der Waals surface area contributed by atoms with Gasteiger partial charge in [0.05, 0.1) is 23.6 Å². The van der Waals surface area contributed by atoms with Crippen molar-refractivity contribution in [3.63, 3.8) is 0 Å². The molecular weight excluding hydrogens is 254 g/mol. The normalized spacial score (nSPS) is 11.1. The number of nitrogens with zero attached hydrogens (tertiary/aromatic N) is 4. The molecule has 2 aromatic heterocycles. The highest BCUT2D eigenvalue weighted by molar-refractivity contribution is 7.90. The van der Waals surface area contributed by atoms with Gasteiger partial charge in [-0.05, 0) is 6.07 Å². The molecule has 2 N–H and O–H groups in total. The minimum Gasteiger partial charge on any atom is -0.395 e. The zero-order chi connectivity index (χ0) is 13.3. The fourth-order valence-corrected chi connectivity index (χ4v) is 1.89. The van der Waals surface area contributed by atoms with Gasteiger partial charge in [0.1, 0.15) is 11.0 Å². The highest BCUT2D eigenvalue weighted by Crippen LogP contribution is 2.19. The van der Waals surface area contributed by atoms with Crippen molar-refractivity contribution in [1.29, 1.82) is 5.26 Å². The molecule has 0 saturated carbocycles. The van der Waals surface area contributed by atoms with Gasteiger partial charge in [-0.1, -0.05) is 0 Å². The van der Waals surface area contributed by atoms with E-state index in [0.717, 1.165) is 6.26 Å². The molecule has 2 heterocycles. The van der Waals surface area contributed by atoms with E-state index in [0.29, 0.717) is 0 Å². The minimum atomic E-state index is -3.34. The van der Waals surface area contributed by atoms with Gasteiger partial charge in [-0.3, -0.25) is 0 Å². The molecule has 18 heavy (non-hydrogen) atoms. The Morgan fingerprint density at radius 1 is 1.50 bits per heavy atom. The largest absolute Gasteiger partial charge is 0.395 e. The third-order valence-corrected chi connectivity index (χ3v) is 3.36. The highest BCUT2D eigenvalue weighted by atomic mass is 32.2. The number of anilines is 1. The van der Waals surface area contributed by atoms with Gasteiger partial charge in [-0.25, -0.2) is 18.1 Å². The average Bonchev–Trinajstić information content (AvgIpc) is 2.78. The molecule has 0 spiro atoms. The summed E-state index contributed by atoms with van der Waals surface area (Å²) in [7, 11) is -3.34. The fraction of sp³-hybridized carbons (Fsp3) is 0.100. The second-order valence-electron chi connectivity index (χ2n) is 3.60. The summed E-state index contributed by atoms with van der Waals surface area (Å²) < 4.78 is 23.9. The summed E-state index contributed by atoms with van der Waals surface area (Å²) in [6.45, 7) is 0. The molecule has 0 aromatic carbocycles. The predicted molar refractivity (Wildman–Crippen MR) is 63.6 cm³/mol. The van der Waals surface area contributed by atoms with E-state index in [1.165, 1.54) is 29.3 Å². The van der Waals surface area contributed by atoms with Crippen molar-refractivity contribution >= 4 is 15.5 Å². The molecule has 0 bridgehead atoms. The number of aromatic nitrogens is 3. The van der Waals surface area contributed by atoms with E-state index >= 15 is 0 Å². The SMILES string of the molecule is CS(=O)(=O)c1cnn(-c2nccc(C#N)c2N)c1. The summed E-state index contributed by atoms with van der Waals surface area (Å²) in [4.78, 5) is 4.04. The molecule has 0 amide bonds. The number of nitrogen functional groups attached to an aromatic ring is 1. The molecule has 0 aliphatic rings. The maximum atomic E-state index is 11.3.